The van der Waals surface area contributed by atoms with Crippen LogP contribution in [0, 0.1) is 11.8 Å². The van der Waals surface area contributed by atoms with Crippen molar-refractivity contribution >= 4 is 5.97 Å². The number of carboxylic acid groups (broad SMARTS) is 1. The minimum absolute atomic E-state index is 0.238. The minimum Gasteiger partial charge on any atom is -0.481 e. The molecule has 0 radical (unpaired) electrons. The summed E-state index contributed by atoms with van der Waals surface area (Å²) in [5, 5.41) is 8.82. The van der Waals surface area contributed by atoms with E-state index in [2.05, 4.69) is 4.90 Å². The van der Waals surface area contributed by atoms with E-state index < -0.39 is 5.97 Å². The van der Waals surface area contributed by atoms with Crippen LogP contribution in [0.15, 0.2) is 22.8 Å². The van der Waals surface area contributed by atoms with Crippen LogP contribution >= 0.6 is 0 Å². The molecule has 4 nitrogen and oxygen atoms in total. The number of rotatable bonds is 4. The van der Waals surface area contributed by atoms with Gasteiger partial charge in [0.2, 0.25) is 0 Å². The van der Waals surface area contributed by atoms with E-state index >= 15 is 0 Å². The molecule has 0 saturated carbocycles. The molecule has 1 aromatic heterocycles. The molecule has 1 saturated heterocycles. The number of carbonyl (C=O) groups is 1. The van der Waals surface area contributed by atoms with Crippen molar-refractivity contribution in [2.24, 2.45) is 11.8 Å². The Balaban J connectivity index is 1.76. The molecule has 0 aromatic carbocycles. The summed E-state index contributed by atoms with van der Waals surface area (Å²) in [4.78, 5) is 12.9. The largest absolute Gasteiger partial charge is 0.481 e. The fourth-order valence-electron chi connectivity index (χ4n) is 1.88. The first-order valence-corrected chi connectivity index (χ1v) is 5.14. The topological polar surface area (TPSA) is 53.7 Å². The smallest absolute Gasteiger partial charge is 0.306 e. The lowest BCUT2D eigenvalue weighted by molar-refractivity contribution is -0.145. The second-order valence-electron chi connectivity index (χ2n) is 4.16. The van der Waals surface area contributed by atoms with Crippen molar-refractivity contribution in [1.29, 1.82) is 0 Å². The van der Waals surface area contributed by atoms with E-state index in [1.165, 1.54) is 0 Å². The normalized spacial score (nSPS) is 19.8. The van der Waals surface area contributed by atoms with Gasteiger partial charge >= 0.3 is 5.97 Å². The van der Waals surface area contributed by atoms with E-state index in [4.69, 9.17) is 9.52 Å². The van der Waals surface area contributed by atoms with Gasteiger partial charge in [0.1, 0.15) is 5.76 Å². The summed E-state index contributed by atoms with van der Waals surface area (Å²) >= 11 is 0. The monoisotopic (exact) mass is 209 g/mol. The van der Waals surface area contributed by atoms with Crippen molar-refractivity contribution in [3.63, 3.8) is 0 Å². The van der Waals surface area contributed by atoms with Crippen molar-refractivity contribution in [2.75, 3.05) is 13.1 Å². The van der Waals surface area contributed by atoms with Gasteiger partial charge in [-0.25, -0.2) is 0 Å². The summed E-state index contributed by atoms with van der Waals surface area (Å²) in [5.74, 6) is 0.296. The number of nitrogens with zero attached hydrogens (tertiary/aromatic N) is 1. The Hall–Kier alpha value is -1.29. The lowest BCUT2D eigenvalue weighted by Crippen LogP contribution is -2.50. The summed E-state index contributed by atoms with van der Waals surface area (Å²) in [5.41, 5.74) is 0. The Morgan fingerprint density at radius 2 is 2.47 bits per heavy atom. The molecule has 0 bridgehead atoms. The molecular formula is C11H15NO3. The zero-order chi connectivity index (χ0) is 10.8. The Kier molecular flexibility index (Phi) is 2.77. The molecule has 82 valence electrons. The van der Waals surface area contributed by atoms with E-state index in [1.54, 1.807) is 13.2 Å². The summed E-state index contributed by atoms with van der Waals surface area (Å²) < 4.78 is 5.23. The van der Waals surface area contributed by atoms with Crippen LogP contribution in [-0.2, 0) is 11.3 Å². The maximum Gasteiger partial charge on any atom is 0.306 e. The second-order valence-corrected chi connectivity index (χ2v) is 4.16. The van der Waals surface area contributed by atoms with E-state index in [0.29, 0.717) is 0 Å². The van der Waals surface area contributed by atoms with Crippen LogP contribution in [0.3, 0.4) is 0 Å². The molecule has 0 aliphatic carbocycles. The fraction of sp³-hybridized carbons (Fsp3) is 0.545. The van der Waals surface area contributed by atoms with Crippen molar-refractivity contribution in [2.45, 2.75) is 13.5 Å². The highest BCUT2D eigenvalue weighted by molar-refractivity contribution is 5.70. The van der Waals surface area contributed by atoms with Crippen LogP contribution in [0.1, 0.15) is 12.7 Å². The molecule has 1 unspecified atom stereocenters. The Morgan fingerprint density at radius 1 is 1.73 bits per heavy atom. The fourth-order valence-corrected chi connectivity index (χ4v) is 1.88. The van der Waals surface area contributed by atoms with Gasteiger partial charge in [0.25, 0.3) is 0 Å². The van der Waals surface area contributed by atoms with Gasteiger partial charge in [0.15, 0.2) is 0 Å². The van der Waals surface area contributed by atoms with Gasteiger partial charge in [-0.05, 0) is 18.1 Å². The van der Waals surface area contributed by atoms with Gasteiger partial charge < -0.3 is 9.52 Å². The molecule has 1 aromatic rings. The standard InChI is InChI=1S/C11H15NO3/c1-8(11(13)14)9-5-12(6-9)7-10-3-2-4-15-10/h2-4,8-9H,5-7H2,1H3,(H,13,14). The van der Waals surface area contributed by atoms with Crippen LogP contribution in [0.2, 0.25) is 0 Å². The first kappa shape index (κ1) is 10.2. The summed E-state index contributed by atoms with van der Waals surface area (Å²) in [6, 6.07) is 3.81. The SMILES string of the molecule is CC(C(=O)O)C1CN(Cc2ccco2)C1. The Bertz CT molecular complexity index is 328. The molecule has 1 aliphatic rings. The highest BCUT2D eigenvalue weighted by Gasteiger charge is 2.34. The number of carboxylic acids is 1. The minimum atomic E-state index is -0.697. The average molecular weight is 209 g/mol. The van der Waals surface area contributed by atoms with Gasteiger partial charge in [-0.1, -0.05) is 6.92 Å². The maximum atomic E-state index is 10.7. The first-order chi connectivity index (χ1) is 7.16. The molecule has 0 spiro atoms. The van der Waals surface area contributed by atoms with Crippen molar-refractivity contribution < 1.29 is 14.3 Å². The third kappa shape index (κ3) is 2.21. The zero-order valence-corrected chi connectivity index (χ0v) is 8.72. The third-order valence-electron chi connectivity index (χ3n) is 3.04. The van der Waals surface area contributed by atoms with Crippen LogP contribution in [-0.4, -0.2) is 29.1 Å². The first-order valence-electron chi connectivity index (χ1n) is 5.14. The quantitative estimate of drug-likeness (QED) is 0.815. The van der Waals surface area contributed by atoms with E-state index in [1.807, 2.05) is 12.1 Å². The molecule has 2 heterocycles. The number of hydrogen-bond donors (Lipinski definition) is 1. The predicted molar refractivity (Wildman–Crippen MR) is 54.3 cm³/mol. The van der Waals surface area contributed by atoms with Crippen LogP contribution in [0.4, 0.5) is 0 Å². The lowest BCUT2D eigenvalue weighted by Gasteiger charge is -2.40. The number of aliphatic carboxylic acids is 1. The Morgan fingerprint density at radius 3 is 3.00 bits per heavy atom. The molecule has 2 rings (SSSR count). The third-order valence-corrected chi connectivity index (χ3v) is 3.04. The average Bonchev–Trinajstić information content (AvgIpc) is 2.61. The molecule has 4 heteroatoms. The summed E-state index contributed by atoms with van der Waals surface area (Å²) in [7, 11) is 0. The van der Waals surface area contributed by atoms with Gasteiger partial charge in [-0.2, -0.15) is 0 Å². The van der Waals surface area contributed by atoms with Crippen LogP contribution in [0.25, 0.3) is 0 Å². The predicted octanol–water partition coefficient (Wildman–Crippen LogP) is 1.43. The van der Waals surface area contributed by atoms with Gasteiger partial charge in [-0.3, -0.25) is 9.69 Å². The molecule has 1 fully saturated rings. The van der Waals surface area contributed by atoms with Crippen molar-refractivity contribution in [1.82, 2.24) is 4.90 Å². The summed E-state index contributed by atoms with van der Waals surface area (Å²) in [6.45, 7) is 4.27. The van der Waals surface area contributed by atoms with E-state index in [9.17, 15) is 4.79 Å². The molecule has 1 aliphatic heterocycles. The maximum absolute atomic E-state index is 10.7. The van der Waals surface area contributed by atoms with Gasteiger partial charge in [0.05, 0.1) is 18.7 Å². The molecule has 15 heavy (non-hydrogen) atoms. The van der Waals surface area contributed by atoms with E-state index in [-0.39, 0.29) is 11.8 Å². The molecule has 0 amide bonds. The number of furan rings is 1. The van der Waals surface area contributed by atoms with Crippen molar-refractivity contribution in [3.8, 4) is 0 Å². The lowest BCUT2D eigenvalue weighted by atomic mass is 9.87. The highest BCUT2D eigenvalue weighted by atomic mass is 16.4. The molecular weight excluding hydrogens is 194 g/mol. The Labute approximate surface area is 88.5 Å². The molecule has 1 atom stereocenters. The summed E-state index contributed by atoms with van der Waals surface area (Å²) in [6.07, 6.45) is 1.66. The van der Waals surface area contributed by atoms with Crippen LogP contribution < -0.4 is 0 Å². The zero-order valence-electron chi connectivity index (χ0n) is 8.72. The van der Waals surface area contributed by atoms with Crippen LogP contribution in [0.5, 0.6) is 0 Å². The molecule has 1 N–H and O–H groups in total. The number of likely N-dealkylation sites (tertiary alicyclic amines) is 1. The van der Waals surface area contributed by atoms with Crippen molar-refractivity contribution in [3.05, 3.63) is 24.2 Å². The van der Waals surface area contributed by atoms with Gasteiger partial charge in [0, 0.05) is 13.1 Å². The highest BCUT2D eigenvalue weighted by Crippen LogP contribution is 2.25. The second kappa shape index (κ2) is 4.06. The van der Waals surface area contributed by atoms with E-state index in [0.717, 1.165) is 25.4 Å². The van der Waals surface area contributed by atoms with Gasteiger partial charge in [-0.15, -0.1) is 0 Å². The number of hydrogen-bond acceptors (Lipinski definition) is 3.